The molecular formula is C44H71N3O13. The molecule has 0 heterocycles. The van der Waals surface area contributed by atoms with Gasteiger partial charge in [-0.1, -0.05) is 20.8 Å². The molecule has 0 radical (unpaired) electrons. The van der Waals surface area contributed by atoms with Crippen LogP contribution in [0.3, 0.4) is 0 Å². The number of rotatable bonds is 26. The number of nitrogens with one attached hydrogen (secondary N) is 1. The van der Waals surface area contributed by atoms with E-state index in [0.717, 1.165) is 32.1 Å². The van der Waals surface area contributed by atoms with Gasteiger partial charge < -0.3 is 36.0 Å². The van der Waals surface area contributed by atoms with Crippen LogP contribution >= 0.6 is 0 Å². The highest BCUT2D eigenvalue weighted by molar-refractivity contribution is 5.78. The van der Waals surface area contributed by atoms with E-state index in [-0.39, 0.29) is 80.8 Å². The summed E-state index contributed by atoms with van der Waals surface area (Å²) in [4.78, 5) is 85.4. The monoisotopic (exact) mass is 849 g/mol. The largest absolute Gasteiger partial charge is 0.481 e. The van der Waals surface area contributed by atoms with Crippen LogP contribution in [-0.2, 0) is 33.6 Å². The van der Waals surface area contributed by atoms with E-state index in [0.29, 0.717) is 35.5 Å². The van der Waals surface area contributed by atoms with E-state index in [1.807, 2.05) is 0 Å². The minimum atomic E-state index is -1.20. The summed E-state index contributed by atoms with van der Waals surface area (Å²) in [5.74, 6) is -4.92. The second-order valence-corrected chi connectivity index (χ2v) is 19.4. The molecule has 4 fully saturated rings. The van der Waals surface area contributed by atoms with E-state index >= 15 is 0 Å². The summed E-state index contributed by atoms with van der Waals surface area (Å²) in [5, 5.41) is 59.9. The van der Waals surface area contributed by atoms with E-state index in [2.05, 4.69) is 26.1 Å². The van der Waals surface area contributed by atoms with Crippen LogP contribution in [0.4, 0.5) is 0 Å². The van der Waals surface area contributed by atoms with Gasteiger partial charge in [-0.3, -0.25) is 43.4 Å². The third kappa shape index (κ3) is 13.1. The highest BCUT2D eigenvalue weighted by atomic mass is 16.4. The van der Waals surface area contributed by atoms with Crippen molar-refractivity contribution in [1.29, 1.82) is 0 Å². The molecule has 1 amide bonds. The number of hydrogen-bond acceptors (Lipinski definition) is 9. The fourth-order valence-electron chi connectivity index (χ4n) is 13.0. The molecule has 4 aliphatic rings. The first kappa shape index (κ1) is 48.9. The maximum absolute atomic E-state index is 13.5. The van der Waals surface area contributed by atoms with Gasteiger partial charge in [-0.25, -0.2) is 0 Å². The number of hydrogen-bond donors (Lipinski definition) is 7. The number of fused-ring (bicyclic) bond motifs is 5. The molecule has 4 rings (SSSR count). The second kappa shape index (κ2) is 21.8. The number of nitrogens with zero attached hydrogens (tertiary/aromatic N) is 2. The van der Waals surface area contributed by atoms with Gasteiger partial charge in [0.2, 0.25) is 5.91 Å². The fraction of sp³-hybridized carbons (Fsp3) is 0.841. The Morgan fingerprint density at radius 2 is 1.15 bits per heavy atom. The van der Waals surface area contributed by atoms with Crippen molar-refractivity contribution in [3.63, 3.8) is 0 Å². The summed E-state index contributed by atoms with van der Waals surface area (Å²) in [7, 11) is 0. The average molecular weight is 850 g/mol. The van der Waals surface area contributed by atoms with Gasteiger partial charge in [-0.05, 0) is 162 Å². The van der Waals surface area contributed by atoms with Crippen molar-refractivity contribution in [1.82, 2.24) is 15.1 Å². The van der Waals surface area contributed by atoms with Gasteiger partial charge in [-0.2, -0.15) is 0 Å². The fourth-order valence-corrected chi connectivity index (χ4v) is 13.0. The molecule has 0 aromatic rings. The molecule has 10 unspecified atom stereocenters. The standard InChI is InChI=1S/C44H71N3O13/c1-27(8-15-37(49)50)33-12-13-34-32-10-9-29-22-30(16-18-43(29,2)35(32)17-19-44(33,34)3)45-36(48)14-11-31(42(59)60)28(6-4-20-46(23-38(51)52)24-39(53)54)7-5-21-47(25-40(55)56)26-41(57)58/h27-35H,4-26H2,1-3H3,(H,45,48)(H,49,50)(H,51,52)(H,53,54)(H,55,56)(H,57,58)(H,59,60). The minimum absolute atomic E-state index is 0.00471. The predicted molar refractivity (Wildman–Crippen MR) is 219 cm³/mol. The first-order valence-electron chi connectivity index (χ1n) is 22.3. The number of carbonyl (C=O) groups excluding carboxylic acids is 1. The first-order chi connectivity index (χ1) is 28.2. The zero-order chi connectivity index (χ0) is 44.4. The Morgan fingerprint density at radius 3 is 1.67 bits per heavy atom. The number of carbonyl (C=O) groups is 7. The molecule has 0 aliphatic heterocycles. The Bertz CT molecular complexity index is 1470. The summed E-state index contributed by atoms with van der Waals surface area (Å²) in [6.07, 6.45) is 11.9. The van der Waals surface area contributed by atoms with Crippen LogP contribution in [0, 0.1) is 58.2 Å². The van der Waals surface area contributed by atoms with Crippen molar-refractivity contribution in [2.24, 2.45) is 58.2 Å². The van der Waals surface area contributed by atoms with Crippen LogP contribution < -0.4 is 5.32 Å². The van der Waals surface area contributed by atoms with Crippen LogP contribution in [-0.4, -0.2) is 127 Å². The lowest BCUT2D eigenvalue weighted by Crippen LogP contribution is -2.55. The molecule has 0 aromatic carbocycles. The van der Waals surface area contributed by atoms with E-state index in [4.69, 9.17) is 0 Å². The Morgan fingerprint density at radius 1 is 0.617 bits per heavy atom. The molecule has 4 saturated carbocycles. The highest BCUT2D eigenvalue weighted by Crippen LogP contribution is 2.68. The molecule has 16 nitrogen and oxygen atoms in total. The molecule has 4 aliphatic carbocycles. The lowest BCUT2D eigenvalue weighted by molar-refractivity contribution is -0.145. The van der Waals surface area contributed by atoms with Crippen molar-refractivity contribution in [2.45, 2.75) is 136 Å². The van der Waals surface area contributed by atoms with E-state index < -0.39 is 73.8 Å². The van der Waals surface area contributed by atoms with Crippen molar-refractivity contribution in [2.75, 3.05) is 39.3 Å². The topological polar surface area (TPSA) is 259 Å². The van der Waals surface area contributed by atoms with Crippen LogP contribution in [0.15, 0.2) is 0 Å². The van der Waals surface area contributed by atoms with Gasteiger partial charge in [0.15, 0.2) is 0 Å². The smallest absolute Gasteiger partial charge is 0.317 e. The van der Waals surface area contributed by atoms with Crippen LogP contribution in [0.5, 0.6) is 0 Å². The molecule has 0 aromatic heterocycles. The Labute approximate surface area is 353 Å². The Balaban J connectivity index is 1.35. The van der Waals surface area contributed by atoms with Crippen LogP contribution in [0.2, 0.25) is 0 Å². The van der Waals surface area contributed by atoms with Gasteiger partial charge in [0.25, 0.3) is 0 Å². The highest BCUT2D eigenvalue weighted by Gasteiger charge is 2.60. The van der Waals surface area contributed by atoms with Gasteiger partial charge in [0.1, 0.15) is 0 Å². The zero-order valence-corrected chi connectivity index (χ0v) is 35.9. The second-order valence-electron chi connectivity index (χ2n) is 19.4. The lowest BCUT2D eigenvalue weighted by Gasteiger charge is -2.61. The minimum Gasteiger partial charge on any atom is -0.481 e. The SMILES string of the molecule is CC(CCC(=O)O)C1CCC2C3CCC4CC(NC(=O)CCC(C(=O)O)C(CCCN(CC(=O)O)CC(=O)O)CCCN(CC(=O)O)CC(=O)O)CCC4(C)C3CCC12C. The average Bonchev–Trinajstić information content (AvgIpc) is 3.50. The van der Waals surface area contributed by atoms with Crippen molar-refractivity contribution >= 4 is 41.7 Å². The molecule has 340 valence electrons. The quantitative estimate of drug-likeness (QED) is 0.0588. The number of carboxylic acid groups (broad SMARTS) is 6. The molecule has 0 spiro atoms. The molecule has 16 heteroatoms. The van der Waals surface area contributed by atoms with Crippen LogP contribution in [0.25, 0.3) is 0 Å². The van der Waals surface area contributed by atoms with Gasteiger partial charge >= 0.3 is 35.8 Å². The molecule has 0 saturated heterocycles. The van der Waals surface area contributed by atoms with Gasteiger partial charge in [0.05, 0.1) is 32.1 Å². The predicted octanol–water partition coefficient (Wildman–Crippen LogP) is 5.23. The van der Waals surface area contributed by atoms with E-state index in [1.54, 1.807) is 0 Å². The van der Waals surface area contributed by atoms with E-state index in [9.17, 15) is 64.2 Å². The van der Waals surface area contributed by atoms with Crippen molar-refractivity contribution < 1.29 is 64.2 Å². The molecular weight excluding hydrogens is 778 g/mol. The number of aliphatic carboxylic acids is 6. The van der Waals surface area contributed by atoms with Crippen LogP contribution in [0.1, 0.15) is 130 Å². The Hall–Kier alpha value is -3.79. The van der Waals surface area contributed by atoms with Gasteiger partial charge in [-0.15, -0.1) is 0 Å². The summed E-state index contributed by atoms with van der Waals surface area (Å²) in [6.45, 7) is 5.37. The van der Waals surface area contributed by atoms with E-state index in [1.165, 1.54) is 41.9 Å². The molecule has 7 N–H and O–H groups in total. The Kier molecular flexibility index (Phi) is 17.8. The van der Waals surface area contributed by atoms with Gasteiger partial charge in [0, 0.05) is 18.9 Å². The molecule has 60 heavy (non-hydrogen) atoms. The lowest BCUT2D eigenvalue weighted by atomic mass is 9.44. The molecule has 10 atom stereocenters. The summed E-state index contributed by atoms with van der Waals surface area (Å²) >= 11 is 0. The maximum atomic E-state index is 13.5. The summed E-state index contributed by atoms with van der Waals surface area (Å²) in [6, 6.07) is -0.00471. The number of amides is 1. The normalized spacial score (nSPS) is 29.6. The molecule has 0 bridgehead atoms. The van der Waals surface area contributed by atoms with Crippen molar-refractivity contribution in [3.05, 3.63) is 0 Å². The maximum Gasteiger partial charge on any atom is 0.317 e. The summed E-state index contributed by atoms with van der Waals surface area (Å²) in [5.41, 5.74) is 0.442. The zero-order valence-electron chi connectivity index (χ0n) is 35.9. The number of carboxylic acids is 6. The third-order valence-electron chi connectivity index (χ3n) is 15.7. The first-order valence-corrected chi connectivity index (χ1v) is 22.3. The summed E-state index contributed by atoms with van der Waals surface area (Å²) < 4.78 is 0. The van der Waals surface area contributed by atoms with Crippen molar-refractivity contribution in [3.8, 4) is 0 Å². The third-order valence-corrected chi connectivity index (χ3v) is 15.7.